The zero-order valence-electron chi connectivity index (χ0n) is 34.7. The van der Waals surface area contributed by atoms with Crippen molar-refractivity contribution < 1.29 is 29.0 Å². The van der Waals surface area contributed by atoms with Gasteiger partial charge in [-0.1, -0.05) is 88.1 Å². The van der Waals surface area contributed by atoms with Crippen LogP contribution in [-0.2, 0) is 20.7 Å². The number of rotatable bonds is 16. The van der Waals surface area contributed by atoms with Gasteiger partial charge in [0, 0.05) is 36.1 Å². The average Bonchev–Trinajstić information content (AvgIpc) is 3.92. The maximum Gasteiger partial charge on any atom is 0.350 e. The fraction of sp³-hybridized carbons (Fsp3) is 0.596. The smallest absolute Gasteiger partial charge is 0.350 e. The van der Waals surface area contributed by atoms with Crippen molar-refractivity contribution in [3.8, 4) is 0 Å². The van der Waals surface area contributed by atoms with E-state index in [1.807, 2.05) is 26.1 Å². The molecule has 0 bridgehead atoms. The molecule has 57 heavy (non-hydrogen) atoms. The van der Waals surface area contributed by atoms with Crippen molar-refractivity contribution in [2.24, 2.45) is 23.2 Å². The second-order valence-corrected chi connectivity index (χ2v) is 17.8. The lowest BCUT2D eigenvalue weighted by Crippen LogP contribution is -2.52. The standard InChI is InChI=1S/C47H64N4O6/c1-6-49-39-23-33-14-9-8-13-32(33)22-35(39)28-56-44(55)47-43(54)41-34(21-30(2)3)15-12-16-38(41)42(53)46(47,57-47)26-36(27-52)31(4)25-45(18-10-7-11-19-45)37-17-20-50-40(24-37)51-29-48-5/h9,12,14-17,23-24,30,32,35,39,48-52H,6-8,10-11,13,18-22,25-29H2,1-5H3/b36-31-/t32-,35-,39+,46-,47-/m0/s1. The van der Waals surface area contributed by atoms with Gasteiger partial charge in [0.15, 0.2) is 11.4 Å². The maximum absolute atomic E-state index is 15.0. The monoisotopic (exact) mass is 780 g/mol. The summed E-state index contributed by atoms with van der Waals surface area (Å²) in [6.45, 7) is 10.1. The number of carbonyl (C=O) groups is 3. The molecule has 1 aromatic rings. The van der Waals surface area contributed by atoms with Gasteiger partial charge < -0.3 is 35.8 Å². The Morgan fingerprint density at radius 1 is 1.12 bits per heavy atom. The number of ketones is 2. The molecule has 10 heteroatoms. The molecule has 1 aromatic carbocycles. The van der Waals surface area contributed by atoms with Gasteiger partial charge in [0.2, 0.25) is 5.78 Å². The number of aliphatic hydroxyl groups is 1. The number of hydrogen-bond acceptors (Lipinski definition) is 10. The van der Waals surface area contributed by atoms with E-state index in [2.05, 4.69) is 72.4 Å². The maximum atomic E-state index is 15.0. The van der Waals surface area contributed by atoms with Crippen LogP contribution in [0.25, 0.3) is 0 Å². The van der Waals surface area contributed by atoms with Crippen molar-refractivity contribution in [3.63, 3.8) is 0 Å². The minimum Gasteiger partial charge on any atom is -0.463 e. The van der Waals surface area contributed by atoms with Gasteiger partial charge >= 0.3 is 5.97 Å². The summed E-state index contributed by atoms with van der Waals surface area (Å²) in [6.07, 6.45) is 20.7. The SMILES string of the molecule is CCN[C@@H]1C=C2C=CCC[C@H]2C[C@H]1COC(=O)[C@]12O[C@@]1(C/C(CO)=C(\C)CC1(C3=CCNC(NCNC)=C3)CCCCC1)C(=O)c1cccc(CC(C)C)c1C2=O. The number of epoxide rings is 1. The van der Waals surface area contributed by atoms with E-state index in [-0.39, 0.29) is 59.8 Å². The van der Waals surface area contributed by atoms with Gasteiger partial charge in [-0.2, -0.15) is 0 Å². The quantitative estimate of drug-likeness (QED) is 0.0422. The Morgan fingerprint density at radius 2 is 1.93 bits per heavy atom. The predicted octanol–water partition coefficient (Wildman–Crippen LogP) is 6.38. The first kappa shape index (κ1) is 41.3. The molecule has 1 saturated heterocycles. The van der Waals surface area contributed by atoms with Gasteiger partial charge in [0.05, 0.1) is 19.9 Å². The summed E-state index contributed by atoms with van der Waals surface area (Å²) in [5.74, 6) is -0.102. The molecule has 2 heterocycles. The molecular weight excluding hydrogens is 717 g/mol. The Morgan fingerprint density at radius 3 is 2.67 bits per heavy atom. The molecule has 6 aliphatic rings. The largest absolute Gasteiger partial charge is 0.463 e. The van der Waals surface area contributed by atoms with Crippen molar-refractivity contribution in [3.05, 3.63) is 93.4 Å². The molecule has 10 nitrogen and oxygen atoms in total. The van der Waals surface area contributed by atoms with E-state index in [9.17, 15) is 19.5 Å². The van der Waals surface area contributed by atoms with Crippen LogP contribution in [0, 0.1) is 23.2 Å². The number of esters is 1. The molecule has 0 unspecified atom stereocenters. The highest BCUT2D eigenvalue weighted by atomic mass is 16.7. The summed E-state index contributed by atoms with van der Waals surface area (Å²) in [5.41, 5.74) is 1.43. The average molecular weight is 781 g/mol. The van der Waals surface area contributed by atoms with Gasteiger partial charge in [-0.15, -0.1) is 0 Å². The van der Waals surface area contributed by atoms with Crippen LogP contribution in [0.4, 0.5) is 0 Å². The zero-order valence-corrected chi connectivity index (χ0v) is 34.7. The van der Waals surface area contributed by atoms with Crippen molar-refractivity contribution in [2.75, 3.05) is 40.0 Å². The Kier molecular flexibility index (Phi) is 12.5. The topological polar surface area (TPSA) is 141 Å². The molecule has 5 N–H and O–H groups in total. The molecule has 1 saturated carbocycles. The molecule has 4 aliphatic carbocycles. The molecule has 2 aliphatic heterocycles. The number of benzene rings is 1. The number of likely N-dealkylation sites (N-methyl/N-ethyl adjacent to an activating group) is 1. The van der Waals surface area contributed by atoms with Crippen LogP contribution in [0.3, 0.4) is 0 Å². The molecule has 308 valence electrons. The highest BCUT2D eigenvalue weighted by Crippen LogP contribution is 2.60. The van der Waals surface area contributed by atoms with Crippen LogP contribution >= 0.6 is 0 Å². The molecule has 0 amide bonds. The van der Waals surface area contributed by atoms with E-state index in [0.717, 1.165) is 75.0 Å². The highest BCUT2D eigenvalue weighted by Gasteiger charge is 2.85. The number of fused-ring (bicyclic) bond motifs is 3. The third-order valence-corrected chi connectivity index (χ3v) is 13.5. The van der Waals surface area contributed by atoms with Gasteiger partial charge in [0.25, 0.3) is 5.60 Å². The van der Waals surface area contributed by atoms with Crippen LogP contribution < -0.4 is 21.3 Å². The number of carbonyl (C=O) groups excluding carboxylic acids is 3. The van der Waals surface area contributed by atoms with Gasteiger partial charge in [-0.25, -0.2) is 4.79 Å². The van der Waals surface area contributed by atoms with E-state index < -0.39 is 23.0 Å². The summed E-state index contributed by atoms with van der Waals surface area (Å²) in [4.78, 5) is 44.6. The number of nitrogens with one attached hydrogen (secondary N) is 4. The molecule has 0 aromatic heterocycles. The summed E-state index contributed by atoms with van der Waals surface area (Å²) < 4.78 is 12.6. The van der Waals surface area contributed by atoms with Crippen LogP contribution in [0.2, 0.25) is 0 Å². The lowest BCUT2D eigenvalue weighted by atomic mass is 9.64. The zero-order chi connectivity index (χ0) is 40.4. The third-order valence-electron chi connectivity index (χ3n) is 13.5. The normalized spacial score (nSPS) is 29.2. The van der Waals surface area contributed by atoms with E-state index >= 15 is 0 Å². The van der Waals surface area contributed by atoms with Crippen LogP contribution in [0.1, 0.15) is 118 Å². The van der Waals surface area contributed by atoms with Crippen molar-refractivity contribution in [2.45, 2.75) is 116 Å². The molecule has 7 rings (SSSR count). The fourth-order valence-corrected chi connectivity index (χ4v) is 10.6. The van der Waals surface area contributed by atoms with E-state index in [1.54, 1.807) is 6.07 Å². The molecule has 0 radical (unpaired) electrons. The van der Waals surface area contributed by atoms with Crippen LogP contribution in [-0.4, -0.2) is 79.9 Å². The first-order chi connectivity index (χ1) is 27.5. The first-order valence-corrected chi connectivity index (χ1v) is 21.6. The summed E-state index contributed by atoms with van der Waals surface area (Å²) in [5, 5.41) is 24.6. The Labute approximate surface area is 339 Å². The number of hydrogen-bond donors (Lipinski definition) is 5. The molecule has 2 fully saturated rings. The van der Waals surface area contributed by atoms with E-state index in [1.165, 1.54) is 17.6 Å². The van der Waals surface area contributed by atoms with Gasteiger partial charge in [0.1, 0.15) is 5.82 Å². The number of dihydropyridines is 1. The van der Waals surface area contributed by atoms with E-state index in [4.69, 9.17) is 9.47 Å². The van der Waals surface area contributed by atoms with Gasteiger partial charge in [-0.3, -0.25) is 9.59 Å². The Bertz CT molecular complexity index is 1880. The van der Waals surface area contributed by atoms with Crippen LogP contribution in [0.5, 0.6) is 0 Å². The fourth-order valence-electron chi connectivity index (χ4n) is 10.6. The minimum atomic E-state index is -2.11. The second-order valence-electron chi connectivity index (χ2n) is 17.8. The van der Waals surface area contributed by atoms with E-state index in [0.29, 0.717) is 31.0 Å². The summed E-state index contributed by atoms with van der Waals surface area (Å²) in [6, 6.07) is 5.39. The number of aliphatic hydroxyl groups excluding tert-OH is 1. The number of allylic oxidation sites excluding steroid dienone is 6. The predicted molar refractivity (Wildman–Crippen MR) is 222 cm³/mol. The minimum absolute atomic E-state index is 0.00556. The Balaban J connectivity index is 1.22. The van der Waals surface area contributed by atoms with Crippen LogP contribution in [0.15, 0.2) is 76.7 Å². The Hall–Kier alpha value is -3.83. The van der Waals surface area contributed by atoms with Crippen molar-refractivity contribution in [1.82, 2.24) is 21.3 Å². The molecule has 0 spiro atoms. The first-order valence-electron chi connectivity index (χ1n) is 21.6. The summed E-state index contributed by atoms with van der Waals surface area (Å²) in [7, 11) is 1.91. The second kappa shape index (κ2) is 17.2. The highest BCUT2D eigenvalue weighted by molar-refractivity contribution is 6.33. The molecular formula is C47H64N4O6. The third kappa shape index (κ3) is 7.75. The van der Waals surface area contributed by atoms with Crippen molar-refractivity contribution in [1.29, 1.82) is 0 Å². The lowest BCUT2D eigenvalue weighted by Gasteiger charge is -2.41. The lowest BCUT2D eigenvalue weighted by molar-refractivity contribution is -0.150. The summed E-state index contributed by atoms with van der Waals surface area (Å²) >= 11 is 0. The number of ether oxygens (including phenoxy) is 2. The molecule has 5 atom stereocenters. The van der Waals surface area contributed by atoms with Gasteiger partial charge in [-0.05, 0) is 111 Å². The van der Waals surface area contributed by atoms with Crippen molar-refractivity contribution >= 4 is 17.5 Å². The number of Topliss-reactive ketones (excluding diaryl/α,β-unsaturated/α-hetero) is 2.